The molecule has 0 saturated carbocycles. The first kappa shape index (κ1) is 8.92. The molecule has 0 aromatic carbocycles. The van der Waals surface area contributed by atoms with Crippen LogP contribution in [-0.2, 0) is 9.47 Å². The van der Waals surface area contributed by atoms with Gasteiger partial charge in [-0.15, -0.1) is 0 Å². The van der Waals surface area contributed by atoms with Crippen molar-refractivity contribution in [2.24, 2.45) is 0 Å². The maximum absolute atomic E-state index is 5.11. The van der Waals surface area contributed by atoms with E-state index < -0.39 is 0 Å². The summed E-state index contributed by atoms with van der Waals surface area (Å²) in [6, 6.07) is 0. The third kappa shape index (κ3) is 5.80. The molecule has 0 aliphatic rings. The molecule has 0 aliphatic heterocycles. The zero-order valence-corrected chi connectivity index (χ0v) is 6.22. The average Bonchev–Trinajstić information content (AvgIpc) is 1.85. The molecule has 9 heavy (non-hydrogen) atoms. The highest BCUT2D eigenvalue weighted by molar-refractivity contribution is 4.56. The maximum atomic E-state index is 5.11. The number of hydrogen-bond donors (Lipinski definition) is 0. The highest BCUT2D eigenvalue weighted by atomic mass is 16.5. The van der Waals surface area contributed by atoms with E-state index in [1.54, 1.807) is 0 Å². The number of hydrogen-bond acceptors (Lipinski definition) is 2. The molecular formula is C7H15O2. The fourth-order valence-electron chi connectivity index (χ4n) is 0.533. The summed E-state index contributed by atoms with van der Waals surface area (Å²) in [5.74, 6) is 0. The molecule has 2 nitrogen and oxygen atoms in total. The molecule has 0 N–H and O–H groups in total. The van der Waals surface area contributed by atoms with Gasteiger partial charge in [-0.3, -0.25) is 0 Å². The van der Waals surface area contributed by atoms with Crippen molar-refractivity contribution in [1.82, 2.24) is 0 Å². The highest BCUT2D eigenvalue weighted by Crippen LogP contribution is 1.89. The molecule has 0 spiro atoms. The molecule has 0 bridgehead atoms. The minimum atomic E-state index is -0.00468. The maximum Gasteiger partial charge on any atom is 0.0809 e. The van der Waals surface area contributed by atoms with Gasteiger partial charge in [-0.05, 0) is 20.8 Å². The molecule has 0 aliphatic carbocycles. The minimum absolute atomic E-state index is 0.00468. The Bertz CT molecular complexity index is 54.9. The predicted octanol–water partition coefficient (Wildman–Crippen LogP) is 1.26. The zero-order valence-electron chi connectivity index (χ0n) is 6.22. The van der Waals surface area contributed by atoms with Crippen LogP contribution in [0.1, 0.15) is 13.8 Å². The van der Waals surface area contributed by atoms with Crippen molar-refractivity contribution in [2.75, 3.05) is 19.8 Å². The number of rotatable bonds is 5. The van der Waals surface area contributed by atoms with E-state index in [2.05, 4.69) is 6.92 Å². The molecule has 2 heteroatoms. The zero-order chi connectivity index (χ0) is 7.11. The van der Waals surface area contributed by atoms with Gasteiger partial charge in [0.2, 0.25) is 0 Å². The molecule has 0 saturated heterocycles. The second-order valence-corrected chi connectivity index (χ2v) is 1.74. The normalized spacial score (nSPS) is 13.7. The monoisotopic (exact) mass is 131 g/mol. The van der Waals surface area contributed by atoms with Crippen LogP contribution < -0.4 is 0 Å². The molecule has 0 aromatic heterocycles. The third-order valence-electron chi connectivity index (χ3n) is 0.910. The largest absolute Gasteiger partial charge is 0.379 e. The van der Waals surface area contributed by atoms with Gasteiger partial charge in [0.25, 0.3) is 0 Å². The summed E-state index contributed by atoms with van der Waals surface area (Å²) in [5, 5.41) is 0. The summed E-state index contributed by atoms with van der Waals surface area (Å²) in [6.45, 7) is 9.67. The van der Waals surface area contributed by atoms with E-state index in [1.165, 1.54) is 0 Å². The Morgan fingerprint density at radius 2 is 2.00 bits per heavy atom. The second-order valence-electron chi connectivity index (χ2n) is 1.74. The van der Waals surface area contributed by atoms with E-state index in [-0.39, 0.29) is 6.10 Å². The van der Waals surface area contributed by atoms with Gasteiger partial charge in [-0.1, -0.05) is 0 Å². The van der Waals surface area contributed by atoms with Crippen LogP contribution in [0.25, 0.3) is 0 Å². The Morgan fingerprint density at radius 3 is 2.44 bits per heavy atom. The molecule has 1 atom stereocenters. The highest BCUT2D eigenvalue weighted by Gasteiger charge is 1.97. The van der Waals surface area contributed by atoms with Gasteiger partial charge in [0, 0.05) is 13.2 Å². The molecule has 0 amide bonds. The average molecular weight is 131 g/mol. The van der Waals surface area contributed by atoms with Crippen molar-refractivity contribution >= 4 is 0 Å². The molecular weight excluding hydrogens is 116 g/mol. The van der Waals surface area contributed by atoms with E-state index >= 15 is 0 Å². The van der Waals surface area contributed by atoms with Gasteiger partial charge in [0.1, 0.15) is 0 Å². The smallest absolute Gasteiger partial charge is 0.0809 e. The van der Waals surface area contributed by atoms with Crippen molar-refractivity contribution in [3.05, 3.63) is 6.92 Å². The van der Waals surface area contributed by atoms with Crippen molar-refractivity contribution in [3.8, 4) is 0 Å². The van der Waals surface area contributed by atoms with E-state index in [1.807, 2.05) is 13.8 Å². The first-order valence-electron chi connectivity index (χ1n) is 3.33. The minimum Gasteiger partial charge on any atom is -0.379 e. The number of ether oxygens (including phenoxy) is 2. The Morgan fingerprint density at radius 1 is 1.33 bits per heavy atom. The fraction of sp³-hybridized carbons (Fsp3) is 0.857. The predicted molar refractivity (Wildman–Crippen MR) is 37.3 cm³/mol. The molecule has 0 rings (SSSR count). The standard InChI is InChI=1S/C7H15O2/c1-4-8-6-7(3)9-5-2/h7H,3-6H2,1-2H3. The quantitative estimate of drug-likeness (QED) is 0.559. The van der Waals surface area contributed by atoms with Crippen LogP contribution >= 0.6 is 0 Å². The van der Waals surface area contributed by atoms with Crippen LogP contribution in [0.5, 0.6) is 0 Å². The summed E-state index contributed by atoms with van der Waals surface area (Å²) in [6.07, 6.45) is -0.00468. The molecule has 1 unspecified atom stereocenters. The second kappa shape index (κ2) is 6.05. The van der Waals surface area contributed by atoms with Crippen molar-refractivity contribution < 1.29 is 9.47 Å². The van der Waals surface area contributed by atoms with Crippen LogP contribution in [0.15, 0.2) is 0 Å². The summed E-state index contributed by atoms with van der Waals surface area (Å²) < 4.78 is 10.2. The summed E-state index contributed by atoms with van der Waals surface area (Å²) in [4.78, 5) is 0. The lowest BCUT2D eigenvalue weighted by Gasteiger charge is -2.09. The van der Waals surface area contributed by atoms with Crippen LogP contribution in [0, 0.1) is 6.92 Å². The molecule has 1 radical (unpaired) electrons. The summed E-state index contributed by atoms with van der Waals surface area (Å²) in [7, 11) is 0. The fourth-order valence-corrected chi connectivity index (χ4v) is 0.533. The third-order valence-corrected chi connectivity index (χ3v) is 0.910. The van der Waals surface area contributed by atoms with E-state index in [0.717, 1.165) is 6.61 Å². The first-order chi connectivity index (χ1) is 4.31. The lowest BCUT2D eigenvalue weighted by Crippen LogP contribution is -2.15. The first-order valence-corrected chi connectivity index (χ1v) is 3.33. The van der Waals surface area contributed by atoms with E-state index in [0.29, 0.717) is 13.2 Å². The van der Waals surface area contributed by atoms with Crippen LogP contribution in [0.3, 0.4) is 0 Å². The van der Waals surface area contributed by atoms with Crippen molar-refractivity contribution in [3.63, 3.8) is 0 Å². The Kier molecular flexibility index (Phi) is 5.99. The van der Waals surface area contributed by atoms with Gasteiger partial charge in [-0.2, -0.15) is 0 Å². The van der Waals surface area contributed by atoms with Gasteiger partial charge < -0.3 is 9.47 Å². The van der Waals surface area contributed by atoms with Crippen molar-refractivity contribution in [2.45, 2.75) is 20.0 Å². The molecule has 0 fully saturated rings. The Labute approximate surface area is 57.2 Å². The lowest BCUT2D eigenvalue weighted by atomic mass is 10.4. The molecule has 55 valence electrons. The Balaban J connectivity index is 2.95. The topological polar surface area (TPSA) is 18.5 Å². The SMILES string of the molecule is [CH2]C(COCC)OCC. The van der Waals surface area contributed by atoms with Crippen LogP contribution in [0.2, 0.25) is 0 Å². The lowest BCUT2D eigenvalue weighted by molar-refractivity contribution is 0.0159. The summed E-state index contributed by atoms with van der Waals surface area (Å²) in [5.41, 5.74) is 0. The van der Waals surface area contributed by atoms with E-state index in [4.69, 9.17) is 9.47 Å². The molecule has 0 aromatic rings. The van der Waals surface area contributed by atoms with Gasteiger partial charge in [0.05, 0.1) is 12.7 Å². The van der Waals surface area contributed by atoms with Crippen LogP contribution in [0.4, 0.5) is 0 Å². The van der Waals surface area contributed by atoms with Gasteiger partial charge in [0.15, 0.2) is 0 Å². The van der Waals surface area contributed by atoms with Crippen LogP contribution in [-0.4, -0.2) is 25.9 Å². The molecule has 0 heterocycles. The van der Waals surface area contributed by atoms with Gasteiger partial charge >= 0.3 is 0 Å². The van der Waals surface area contributed by atoms with Crippen molar-refractivity contribution in [1.29, 1.82) is 0 Å². The summed E-state index contributed by atoms with van der Waals surface area (Å²) >= 11 is 0. The van der Waals surface area contributed by atoms with E-state index in [9.17, 15) is 0 Å². The Hall–Kier alpha value is -0.0800. The van der Waals surface area contributed by atoms with Gasteiger partial charge in [-0.25, -0.2) is 0 Å².